The van der Waals surface area contributed by atoms with E-state index in [1.54, 1.807) is 12.1 Å². The Balaban J connectivity index is 1.80. The molecule has 1 aliphatic rings. The van der Waals surface area contributed by atoms with Gasteiger partial charge < -0.3 is 14.7 Å². The summed E-state index contributed by atoms with van der Waals surface area (Å²) >= 11 is 0. The van der Waals surface area contributed by atoms with E-state index in [1.165, 1.54) is 13.4 Å². The molecule has 3 heterocycles. The molecule has 1 aromatic carbocycles. The Morgan fingerprint density at radius 3 is 2.96 bits per heavy atom. The average molecular weight is 337 g/mol. The number of aromatic hydroxyl groups is 1. The molecule has 3 aromatic rings. The molecule has 0 bridgehead atoms. The van der Waals surface area contributed by atoms with Crippen LogP contribution in [0.1, 0.15) is 23.9 Å². The number of fused-ring (bicyclic) bond motifs is 2. The maximum atomic E-state index is 9.99. The third kappa shape index (κ3) is 2.48. The SMILES string of the molecule is C=C(C)c1n[nH]c2c1CN(c1ncnc3cc(O)c(OC)cc13)CC2. The second-order valence-corrected chi connectivity index (χ2v) is 6.22. The molecule has 0 saturated heterocycles. The van der Waals surface area contributed by atoms with E-state index >= 15 is 0 Å². The molecule has 7 nitrogen and oxygen atoms in total. The van der Waals surface area contributed by atoms with Crippen molar-refractivity contribution in [1.29, 1.82) is 0 Å². The number of nitrogens with one attached hydrogen (secondary N) is 1. The standard InChI is InChI=1S/C18H19N5O2/c1-10(2)17-12-8-23(5-4-13(12)21-22-17)18-11-6-16(25-3)15(24)7-14(11)19-9-20-18/h6-7,9,24H,1,4-5,8H2,2-3H3,(H,21,22). The Bertz CT molecular complexity index is 979. The van der Waals surface area contributed by atoms with E-state index in [9.17, 15) is 5.11 Å². The van der Waals surface area contributed by atoms with Crippen molar-refractivity contribution < 1.29 is 9.84 Å². The Labute approximate surface area is 145 Å². The molecule has 0 atom stereocenters. The zero-order chi connectivity index (χ0) is 17.6. The number of aromatic nitrogens is 4. The van der Waals surface area contributed by atoms with Crippen LogP contribution in [0.4, 0.5) is 5.82 Å². The monoisotopic (exact) mass is 337 g/mol. The Kier molecular flexibility index (Phi) is 3.56. The zero-order valence-electron chi connectivity index (χ0n) is 14.2. The minimum absolute atomic E-state index is 0.0694. The number of phenolic OH excluding ortho intramolecular Hbond substituents is 1. The number of nitrogens with zero attached hydrogens (tertiary/aromatic N) is 4. The summed E-state index contributed by atoms with van der Waals surface area (Å²) < 4.78 is 5.24. The first-order valence-electron chi connectivity index (χ1n) is 8.07. The topological polar surface area (TPSA) is 87.2 Å². The molecule has 0 amide bonds. The molecule has 25 heavy (non-hydrogen) atoms. The summed E-state index contributed by atoms with van der Waals surface area (Å²) in [6.45, 7) is 7.49. The highest BCUT2D eigenvalue weighted by molar-refractivity contribution is 5.92. The highest BCUT2D eigenvalue weighted by Crippen LogP contribution is 2.35. The van der Waals surface area contributed by atoms with E-state index in [2.05, 4.69) is 31.6 Å². The van der Waals surface area contributed by atoms with Crippen molar-refractivity contribution in [1.82, 2.24) is 20.2 Å². The zero-order valence-corrected chi connectivity index (χ0v) is 14.2. The van der Waals surface area contributed by atoms with Gasteiger partial charge in [-0.15, -0.1) is 0 Å². The largest absolute Gasteiger partial charge is 0.504 e. The van der Waals surface area contributed by atoms with Crippen molar-refractivity contribution in [3.63, 3.8) is 0 Å². The van der Waals surface area contributed by atoms with E-state index < -0.39 is 0 Å². The number of H-pyrrole nitrogens is 1. The van der Waals surface area contributed by atoms with Crippen LogP contribution in [0, 0.1) is 0 Å². The van der Waals surface area contributed by atoms with Crippen molar-refractivity contribution in [2.24, 2.45) is 0 Å². The van der Waals surface area contributed by atoms with Gasteiger partial charge in [-0.2, -0.15) is 5.10 Å². The van der Waals surface area contributed by atoms with E-state index in [4.69, 9.17) is 4.74 Å². The molecule has 7 heteroatoms. The van der Waals surface area contributed by atoms with Gasteiger partial charge in [0, 0.05) is 42.2 Å². The number of hydrogen-bond acceptors (Lipinski definition) is 6. The molecular weight excluding hydrogens is 318 g/mol. The lowest BCUT2D eigenvalue weighted by molar-refractivity contribution is 0.374. The van der Waals surface area contributed by atoms with Crippen molar-refractivity contribution in [3.8, 4) is 11.5 Å². The molecule has 0 fully saturated rings. The van der Waals surface area contributed by atoms with Crippen LogP contribution < -0.4 is 9.64 Å². The van der Waals surface area contributed by atoms with Crippen LogP contribution in [0.15, 0.2) is 25.0 Å². The first kappa shape index (κ1) is 15.4. The number of rotatable bonds is 3. The third-order valence-corrected chi connectivity index (χ3v) is 4.55. The fourth-order valence-electron chi connectivity index (χ4n) is 3.30. The summed E-state index contributed by atoms with van der Waals surface area (Å²) in [4.78, 5) is 11.0. The van der Waals surface area contributed by atoms with E-state index in [0.717, 1.165) is 46.7 Å². The summed E-state index contributed by atoms with van der Waals surface area (Å²) in [5.74, 6) is 1.30. The summed E-state index contributed by atoms with van der Waals surface area (Å²) in [6.07, 6.45) is 2.38. The normalized spacial score (nSPS) is 13.8. The van der Waals surface area contributed by atoms with Gasteiger partial charge in [0.25, 0.3) is 0 Å². The minimum Gasteiger partial charge on any atom is -0.504 e. The van der Waals surface area contributed by atoms with Gasteiger partial charge in [-0.25, -0.2) is 9.97 Å². The van der Waals surface area contributed by atoms with Crippen LogP contribution in [0.3, 0.4) is 0 Å². The fraction of sp³-hybridized carbons (Fsp3) is 0.278. The van der Waals surface area contributed by atoms with Gasteiger partial charge >= 0.3 is 0 Å². The summed E-state index contributed by atoms with van der Waals surface area (Å²) in [5, 5.41) is 18.3. The lowest BCUT2D eigenvalue weighted by Crippen LogP contribution is -2.31. The van der Waals surface area contributed by atoms with E-state index in [1.807, 2.05) is 6.92 Å². The van der Waals surface area contributed by atoms with Gasteiger partial charge in [-0.05, 0) is 18.6 Å². The number of hydrogen-bond donors (Lipinski definition) is 2. The average Bonchev–Trinajstić information content (AvgIpc) is 3.03. The molecule has 0 radical (unpaired) electrons. The number of ether oxygens (including phenoxy) is 1. The Hall–Kier alpha value is -3.09. The highest BCUT2D eigenvalue weighted by Gasteiger charge is 2.24. The summed E-state index contributed by atoms with van der Waals surface area (Å²) in [5.41, 5.74) is 4.87. The van der Waals surface area contributed by atoms with Gasteiger partial charge in [-0.3, -0.25) is 5.10 Å². The highest BCUT2D eigenvalue weighted by atomic mass is 16.5. The summed E-state index contributed by atoms with van der Waals surface area (Å²) in [6, 6.07) is 3.39. The molecule has 0 unspecified atom stereocenters. The number of phenols is 1. The van der Waals surface area contributed by atoms with Crippen molar-refractivity contribution in [2.45, 2.75) is 19.9 Å². The Morgan fingerprint density at radius 1 is 1.36 bits per heavy atom. The smallest absolute Gasteiger partial charge is 0.161 e. The lowest BCUT2D eigenvalue weighted by atomic mass is 10.0. The van der Waals surface area contributed by atoms with E-state index in [-0.39, 0.29) is 5.75 Å². The lowest BCUT2D eigenvalue weighted by Gasteiger charge is -2.29. The summed E-state index contributed by atoms with van der Waals surface area (Å²) in [7, 11) is 1.53. The van der Waals surface area contributed by atoms with Gasteiger partial charge in [0.15, 0.2) is 11.5 Å². The van der Waals surface area contributed by atoms with Crippen LogP contribution in [0.2, 0.25) is 0 Å². The number of aromatic amines is 1. The van der Waals surface area contributed by atoms with Crippen LogP contribution in [0.5, 0.6) is 11.5 Å². The first-order valence-corrected chi connectivity index (χ1v) is 8.07. The molecule has 0 spiro atoms. The molecular formula is C18H19N5O2. The number of allylic oxidation sites excluding steroid dienone is 1. The van der Waals surface area contributed by atoms with Crippen LogP contribution in [-0.2, 0) is 13.0 Å². The molecule has 128 valence electrons. The Morgan fingerprint density at radius 2 is 2.20 bits per heavy atom. The second kappa shape index (κ2) is 5.77. The van der Waals surface area contributed by atoms with Gasteiger partial charge in [0.05, 0.1) is 18.3 Å². The molecule has 0 aliphatic carbocycles. The van der Waals surface area contributed by atoms with Crippen LogP contribution in [0.25, 0.3) is 16.5 Å². The van der Waals surface area contributed by atoms with Gasteiger partial charge in [0.1, 0.15) is 12.1 Å². The third-order valence-electron chi connectivity index (χ3n) is 4.55. The van der Waals surface area contributed by atoms with Gasteiger partial charge in [-0.1, -0.05) is 6.58 Å². The molecule has 2 aromatic heterocycles. The molecule has 0 saturated carbocycles. The van der Waals surface area contributed by atoms with E-state index in [0.29, 0.717) is 17.8 Å². The molecule has 2 N–H and O–H groups in total. The predicted molar refractivity (Wildman–Crippen MR) is 95.8 cm³/mol. The van der Waals surface area contributed by atoms with Crippen molar-refractivity contribution >= 4 is 22.3 Å². The second-order valence-electron chi connectivity index (χ2n) is 6.22. The van der Waals surface area contributed by atoms with Crippen LogP contribution in [-0.4, -0.2) is 38.9 Å². The van der Waals surface area contributed by atoms with Crippen LogP contribution >= 0.6 is 0 Å². The van der Waals surface area contributed by atoms with Gasteiger partial charge in [0.2, 0.25) is 0 Å². The number of benzene rings is 1. The maximum Gasteiger partial charge on any atom is 0.161 e. The van der Waals surface area contributed by atoms with Crippen molar-refractivity contribution in [2.75, 3.05) is 18.6 Å². The fourth-order valence-corrected chi connectivity index (χ4v) is 3.30. The molecule has 4 rings (SSSR count). The molecule has 1 aliphatic heterocycles. The minimum atomic E-state index is 0.0694. The predicted octanol–water partition coefficient (Wildman–Crippen LogP) is 2.66. The number of anilines is 1. The maximum absolute atomic E-state index is 9.99. The first-order chi connectivity index (χ1) is 12.1. The number of methoxy groups -OCH3 is 1. The van der Waals surface area contributed by atoms with Crippen molar-refractivity contribution in [3.05, 3.63) is 42.0 Å². The quantitative estimate of drug-likeness (QED) is 0.764.